The van der Waals surface area contributed by atoms with Gasteiger partial charge in [-0.25, -0.2) is 4.79 Å². The fraction of sp³-hybridized carbons (Fsp3) is 0.919. The van der Waals surface area contributed by atoms with Gasteiger partial charge in [0.15, 0.2) is 0 Å². The summed E-state index contributed by atoms with van der Waals surface area (Å²) in [6.45, 7) is 4.11. The van der Waals surface area contributed by atoms with Crippen LogP contribution in [0.1, 0.15) is 168 Å². The molecule has 3 aliphatic heterocycles. The molecular formula is C37H66O7. The highest BCUT2D eigenvalue weighted by atomic mass is 16.6. The van der Waals surface area contributed by atoms with E-state index in [1.54, 1.807) is 0 Å². The van der Waals surface area contributed by atoms with Crippen LogP contribution in [-0.2, 0) is 19.0 Å². The Morgan fingerprint density at radius 1 is 0.659 bits per heavy atom. The Hall–Kier alpha value is -0.990. The van der Waals surface area contributed by atoms with E-state index in [0.717, 1.165) is 89.0 Å². The maximum absolute atomic E-state index is 11.6. The molecule has 3 rings (SSSR count). The third-order valence-corrected chi connectivity index (χ3v) is 10.1. The second-order valence-electron chi connectivity index (χ2n) is 14.0. The second-order valence-corrected chi connectivity index (χ2v) is 14.0. The van der Waals surface area contributed by atoms with E-state index in [0.29, 0.717) is 6.42 Å². The lowest BCUT2D eigenvalue weighted by atomic mass is 9.99. The van der Waals surface area contributed by atoms with Crippen molar-refractivity contribution in [1.82, 2.24) is 0 Å². The zero-order valence-electron chi connectivity index (χ0n) is 28.1. The van der Waals surface area contributed by atoms with E-state index in [1.807, 2.05) is 13.0 Å². The van der Waals surface area contributed by atoms with Gasteiger partial charge >= 0.3 is 5.97 Å². The van der Waals surface area contributed by atoms with Gasteiger partial charge in [-0.05, 0) is 83.6 Å². The summed E-state index contributed by atoms with van der Waals surface area (Å²) in [4.78, 5) is 11.6. The van der Waals surface area contributed by atoms with Crippen LogP contribution in [0.3, 0.4) is 0 Å². The molecule has 8 atom stereocenters. The van der Waals surface area contributed by atoms with Crippen LogP contribution < -0.4 is 0 Å². The molecule has 0 aliphatic carbocycles. The number of esters is 1. The van der Waals surface area contributed by atoms with Crippen LogP contribution in [0.2, 0.25) is 0 Å². The Labute approximate surface area is 268 Å². The lowest BCUT2D eigenvalue weighted by Crippen LogP contribution is -2.33. The Balaban J connectivity index is 1.13. The summed E-state index contributed by atoms with van der Waals surface area (Å²) in [6.07, 6.45) is 25.7. The van der Waals surface area contributed by atoms with Crippen molar-refractivity contribution in [3.05, 3.63) is 11.6 Å². The highest BCUT2D eigenvalue weighted by Crippen LogP contribution is 2.34. The van der Waals surface area contributed by atoms with Crippen LogP contribution in [0.4, 0.5) is 0 Å². The second kappa shape index (κ2) is 21.7. The van der Waals surface area contributed by atoms with Crippen molar-refractivity contribution in [2.45, 2.75) is 217 Å². The number of carbonyl (C=O) groups is 1. The molecule has 0 spiro atoms. The van der Waals surface area contributed by atoms with Crippen molar-refractivity contribution in [3.63, 3.8) is 0 Å². The van der Waals surface area contributed by atoms with Crippen molar-refractivity contribution in [2.75, 3.05) is 0 Å². The minimum Gasteiger partial charge on any atom is -0.455 e. The molecule has 44 heavy (non-hydrogen) atoms. The molecule has 0 radical (unpaired) electrons. The van der Waals surface area contributed by atoms with Gasteiger partial charge < -0.3 is 29.5 Å². The number of ether oxygens (including phenoxy) is 3. The predicted molar refractivity (Wildman–Crippen MR) is 175 cm³/mol. The summed E-state index contributed by atoms with van der Waals surface area (Å²) in [6, 6.07) is 0. The monoisotopic (exact) mass is 622 g/mol. The largest absolute Gasteiger partial charge is 0.455 e. The standard InChI is InChI=1S/C37H66O7/c1-3-4-5-15-19-30(38)20-17-22-32(40)34-24-26-36(44-34)35-25-23-33(43-35)31(39)21-16-13-11-9-7-6-8-10-12-14-18-29-27-28(2)42-37(29)41/h27-28,30-36,38-40H,3-26H2,1-2H3/t28-,30-,31+,32+,33-,34+,35+,36+/m0/s1. The topological polar surface area (TPSA) is 105 Å². The van der Waals surface area contributed by atoms with Crippen LogP contribution in [0.5, 0.6) is 0 Å². The molecule has 0 amide bonds. The van der Waals surface area contributed by atoms with Gasteiger partial charge in [0.1, 0.15) is 6.10 Å². The molecule has 2 saturated heterocycles. The highest BCUT2D eigenvalue weighted by molar-refractivity contribution is 5.90. The summed E-state index contributed by atoms with van der Waals surface area (Å²) in [5.74, 6) is -0.123. The van der Waals surface area contributed by atoms with Gasteiger partial charge in [0.25, 0.3) is 0 Å². The van der Waals surface area contributed by atoms with Crippen LogP contribution in [0.15, 0.2) is 11.6 Å². The minimum atomic E-state index is -0.479. The van der Waals surface area contributed by atoms with E-state index in [4.69, 9.17) is 14.2 Å². The van der Waals surface area contributed by atoms with Gasteiger partial charge in [0, 0.05) is 5.57 Å². The first-order valence-corrected chi connectivity index (χ1v) is 18.6. The molecule has 0 unspecified atom stereocenters. The van der Waals surface area contributed by atoms with Gasteiger partial charge in [-0.1, -0.05) is 90.4 Å². The summed E-state index contributed by atoms with van der Waals surface area (Å²) < 4.78 is 17.7. The molecule has 2 fully saturated rings. The number of aliphatic hydroxyl groups excluding tert-OH is 3. The SMILES string of the molecule is CCCCCC[C@H](O)CCC[C@@H](O)[C@H]1CC[C@H]([C@H]2CC[C@@H]([C@H](O)CCCCCCCCCCCCC3=C[C@H](C)OC3=O)O2)O1. The normalized spacial score (nSPS) is 27.4. The molecule has 0 aromatic carbocycles. The lowest BCUT2D eigenvalue weighted by molar-refractivity contribution is -0.139. The Morgan fingerprint density at radius 3 is 1.68 bits per heavy atom. The molecule has 3 N–H and O–H groups in total. The smallest absolute Gasteiger partial charge is 0.334 e. The van der Waals surface area contributed by atoms with E-state index in [9.17, 15) is 20.1 Å². The summed E-state index contributed by atoms with van der Waals surface area (Å²) in [7, 11) is 0. The number of hydrogen-bond donors (Lipinski definition) is 3. The summed E-state index contributed by atoms with van der Waals surface area (Å²) >= 11 is 0. The number of hydrogen-bond acceptors (Lipinski definition) is 7. The molecule has 3 heterocycles. The van der Waals surface area contributed by atoms with Crippen molar-refractivity contribution in [3.8, 4) is 0 Å². The average molecular weight is 623 g/mol. The maximum Gasteiger partial charge on any atom is 0.334 e. The lowest BCUT2D eigenvalue weighted by Gasteiger charge is -2.24. The van der Waals surface area contributed by atoms with E-state index in [2.05, 4.69) is 6.92 Å². The molecule has 0 aromatic rings. The first-order chi connectivity index (χ1) is 21.4. The maximum atomic E-state index is 11.6. The van der Waals surface area contributed by atoms with Crippen LogP contribution in [0.25, 0.3) is 0 Å². The summed E-state index contributed by atoms with van der Waals surface area (Å²) in [5.41, 5.74) is 0.863. The van der Waals surface area contributed by atoms with Crippen LogP contribution in [-0.4, -0.2) is 70.1 Å². The highest BCUT2D eigenvalue weighted by Gasteiger charge is 2.40. The number of unbranched alkanes of at least 4 members (excludes halogenated alkanes) is 12. The van der Waals surface area contributed by atoms with Gasteiger partial charge in [-0.3, -0.25) is 0 Å². The molecule has 3 aliphatic rings. The predicted octanol–water partition coefficient (Wildman–Crippen LogP) is 7.86. The number of cyclic esters (lactones) is 1. The van der Waals surface area contributed by atoms with Gasteiger partial charge in [-0.15, -0.1) is 0 Å². The van der Waals surface area contributed by atoms with Gasteiger partial charge in [0.05, 0.1) is 42.7 Å². The minimum absolute atomic E-state index is 0.0170. The fourth-order valence-electron chi connectivity index (χ4n) is 7.28. The first kappa shape index (κ1) is 37.5. The Morgan fingerprint density at radius 2 is 1.14 bits per heavy atom. The van der Waals surface area contributed by atoms with Crippen molar-refractivity contribution < 1.29 is 34.3 Å². The van der Waals surface area contributed by atoms with E-state index in [1.165, 1.54) is 64.2 Å². The first-order valence-electron chi connectivity index (χ1n) is 18.6. The third kappa shape index (κ3) is 14.2. The number of rotatable bonds is 25. The molecular weight excluding hydrogens is 556 g/mol. The van der Waals surface area contributed by atoms with Crippen molar-refractivity contribution in [1.29, 1.82) is 0 Å². The zero-order chi connectivity index (χ0) is 31.6. The Bertz CT molecular complexity index is 801. The fourth-order valence-corrected chi connectivity index (χ4v) is 7.28. The molecule has 0 aromatic heterocycles. The van der Waals surface area contributed by atoms with Crippen molar-refractivity contribution >= 4 is 5.97 Å². The van der Waals surface area contributed by atoms with Crippen LogP contribution in [0, 0.1) is 0 Å². The molecule has 0 saturated carbocycles. The van der Waals surface area contributed by atoms with E-state index in [-0.39, 0.29) is 42.6 Å². The number of aliphatic hydroxyl groups is 3. The molecule has 7 heteroatoms. The third-order valence-electron chi connectivity index (χ3n) is 10.1. The average Bonchev–Trinajstić information content (AvgIpc) is 3.76. The molecule has 0 bridgehead atoms. The molecule has 256 valence electrons. The Kier molecular flexibility index (Phi) is 18.5. The van der Waals surface area contributed by atoms with Crippen molar-refractivity contribution in [2.24, 2.45) is 0 Å². The van der Waals surface area contributed by atoms with Crippen LogP contribution >= 0.6 is 0 Å². The van der Waals surface area contributed by atoms with Gasteiger partial charge in [0.2, 0.25) is 0 Å². The van der Waals surface area contributed by atoms with E-state index >= 15 is 0 Å². The number of carbonyl (C=O) groups excluding carboxylic acids is 1. The van der Waals surface area contributed by atoms with Gasteiger partial charge in [-0.2, -0.15) is 0 Å². The van der Waals surface area contributed by atoms with E-state index < -0.39 is 12.2 Å². The quantitative estimate of drug-likeness (QED) is 0.0703. The molecule has 7 nitrogen and oxygen atoms in total. The summed E-state index contributed by atoms with van der Waals surface area (Å²) in [5, 5.41) is 31.6. The zero-order valence-corrected chi connectivity index (χ0v) is 28.1.